The van der Waals surface area contributed by atoms with E-state index in [0.717, 1.165) is 19.3 Å². The average molecular weight is 279 g/mol. The van der Waals surface area contributed by atoms with Crippen molar-refractivity contribution in [2.24, 2.45) is 0 Å². The van der Waals surface area contributed by atoms with Crippen LogP contribution in [0.3, 0.4) is 0 Å². The van der Waals surface area contributed by atoms with Crippen LogP contribution in [0.5, 0.6) is 0 Å². The predicted molar refractivity (Wildman–Crippen MR) is 71.6 cm³/mol. The van der Waals surface area contributed by atoms with Gasteiger partial charge in [-0.15, -0.1) is 0 Å². The van der Waals surface area contributed by atoms with E-state index in [2.05, 4.69) is 10.3 Å². The number of amides is 2. The molecule has 1 aliphatic rings. The monoisotopic (exact) mass is 279 g/mol. The van der Waals surface area contributed by atoms with E-state index in [-0.39, 0.29) is 30.6 Å². The quantitative estimate of drug-likeness (QED) is 0.750. The summed E-state index contributed by atoms with van der Waals surface area (Å²) in [6, 6.07) is 2.76. The van der Waals surface area contributed by atoms with E-state index >= 15 is 0 Å². The molecule has 0 radical (unpaired) electrons. The Labute approximate surface area is 116 Å². The Morgan fingerprint density at radius 2 is 2.20 bits per heavy atom. The maximum absolute atomic E-state index is 12.2. The van der Waals surface area contributed by atoms with Crippen LogP contribution >= 0.6 is 0 Å². The number of pyridine rings is 1. The Bertz CT molecular complexity index is 502. The molecule has 0 saturated heterocycles. The van der Waals surface area contributed by atoms with Crippen molar-refractivity contribution >= 4 is 17.7 Å². The largest absolute Gasteiger partial charge is 0.476 e. The third-order valence-corrected chi connectivity index (χ3v) is 3.37. The van der Waals surface area contributed by atoms with Gasteiger partial charge in [0, 0.05) is 18.8 Å². The molecule has 1 fully saturated rings. The van der Waals surface area contributed by atoms with Gasteiger partial charge in [-0.3, -0.25) is 0 Å². The lowest BCUT2D eigenvalue weighted by Gasteiger charge is -2.37. The van der Waals surface area contributed by atoms with Gasteiger partial charge in [0.1, 0.15) is 0 Å². The first-order valence-electron chi connectivity index (χ1n) is 6.50. The highest BCUT2D eigenvalue weighted by atomic mass is 16.4. The van der Waals surface area contributed by atoms with Crippen LogP contribution in [0.15, 0.2) is 18.3 Å². The molecule has 0 spiro atoms. The van der Waals surface area contributed by atoms with Crippen molar-refractivity contribution in [1.82, 2.24) is 9.88 Å². The summed E-state index contributed by atoms with van der Waals surface area (Å²) in [5.74, 6) is -1.20. The summed E-state index contributed by atoms with van der Waals surface area (Å²) < 4.78 is 0. The zero-order chi connectivity index (χ0) is 14.5. The standard InChI is InChI=1S/C13H17N3O4/c17-8-7-16(9-3-1-4-9)13(20)15-10-5-2-6-14-11(10)12(18)19/h2,5-6,9,17H,1,3-4,7-8H2,(H,15,20)(H,18,19). The molecular weight excluding hydrogens is 262 g/mol. The number of carboxylic acids is 1. The summed E-state index contributed by atoms with van der Waals surface area (Å²) in [6.07, 6.45) is 4.24. The van der Waals surface area contributed by atoms with Crippen molar-refractivity contribution in [1.29, 1.82) is 0 Å². The van der Waals surface area contributed by atoms with Crippen molar-refractivity contribution < 1.29 is 19.8 Å². The second-order valence-corrected chi connectivity index (χ2v) is 4.64. The molecule has 0 aliphatic heterocycles. The lowest BCUT2D eigenvalue weighted by Crippen LogP contribution is -2.47. The molecule has 1 aromatic rings. The number of nitrogens with one attached hydrogen (secondary N) is 1. The van der Waals surface area contributed by atoms with Gasteiger partial charge in [-0.05, 0) is 31.4 Å². The molecule has 2 rings (SSSR count). The highest BCUT2D eigenvalue weighted by molar-refractivity contribution is 5.98. The molecule has 1 aromatic heterocycles. The minimum absolute atomic E-state index is 0.118. The minimum Gasteiger partial charge on any atom is -0.476 e. The van der Waals surface area contributed by atoms with E-state index in [0.29, 0.717) is 0 Å². The number of aliphatic hydroxyl groups is 1. The number of hydrogen-bond acceptors (Lipinski definition) is 4. The first-order valence-corrected chi connectivity index (χ1v) is 6.50. The van der Waals surface area contributed by atoms with Crippen LogP contribution in [0.2, 0.25) is 0 Å². The summed E-state index contributed by atoms with van der Waals surface area (Å²) in [5.41, 5.74) is -0.0364. The van der Waals surface area contributed by atoms with Crippen LogP contribution in [-0.2, 0) is 0 Å². The molecule has 0 unspecified atom stereocenters. The number of rotatable bonds is 5. The van der Waals surface area contributed by atoms with Gasteiger partial charge in [0.25, 0.3) is 0 Å². The third-order valence-electron chi connectivity index (χ3n) is 3.37. The van der Waals surface area contributed by atoms with E-state index in [4.69, 9.17) is 10.2 Å². The molecule has 0 bridgehead atoms. The molecule has 3 N–H and O–H groups in total. The maximum atomic E-state index is 12.2. The Kier molecular flexibility index (Phi) is 4.52. The highest BCUT2D eigenvalue weighted by Gasteiger charge is 2.29. The van der Waals surface area contributed by atoms with E-state index in [1.807, 2.05) is 0 Å². The number of carbonyl (C=O) groups excluding carboxylic acids is 1. The second-order valence-electron chi connectivity index (χ2n) is 4.64. The minimum atomic E-state index is -1.20. The van der Waals surface area contributed by atoms with Gasteiger partial charge in [-0.2, -0.15) is 0 Å². The van der Waals surface area contributed by atoms with Gasteiger partial charge < -0.3 is 20.4 Å². The lowest BCUT2D eigenvalue weighted by atomic mass is 9.92. The fraction of sp³-hybridized carbons (Fsp3) is 0.462. The summed E-state index contributed by atoms with van der Waals surface area (Å²) >= 11 is 0. The van der Waals surface area contributed by atoms with Crippen LogP contribution in [0.4, 0.5) is 10.5 Å². The number of carboxylic acid groups (broad SMARTS) is 1. The van der Waals surface area contributed by atoms with E-state index in [1.165, 1.54) is 12.3 Å². The topological polar surface area (TPSA) is 103 Å². The van der Waals surface area contributed by atoms with Crippen LogP contribution in [0, 0.1) is 0 Å². The number of urea groups is 1. The lowest BCUT2D eigenvalue weighted by molar-refractivity contribution is 0.0691. The Morgan fingerprint density at radius 3 is 2.75 bits per heavy atom. The van der Waals surface area contributed by atoms with Gasteiger partial charge in [-0.1, -0.05) is 0 Å². The number of carbonyl (C=O) groups is 2. The zero-order valence-electron chi connectivity index (χ0n) is 11.0. The van der Waals surface area contributed by atoms with Crippen molar-refractivity contribution in [3.8, 4) is 0 Å². The van der Waals surface area contributed by atoms with Crippen molar-refractivity contribution in [3.63, 3.8) is 0 Å². The Hall–Kier alpha value is -2.15. The van der Waals surface area contributed by atoms with E-state index in [1.54, 1.807) is 11.0 Å². The molecule has 7 heteroatoms. The second kappa shape index (κ2) is 6.33. The molecule has 7 nitrogen and oxygen atoms in total. The molecular formula is C13H17N3O4. The van der Waals surface area contributed by atoms with Crippen molar-refractivity contribution in [2.75, 3.05) is 18.5 Å². The molecule has 1 aliphatic carbocycles. The van der Waals surface area contributed by atoms with Gasteiger partial charge >= 0.3 is 12.0 Å². The third kappa shape index (κ3) is 3.05. The van der Waals surface area contributed by atoms with Gasteiger partial charge in [-0.25, -0.2) is 14.6 Å². The molecule has 1 saturated carbocycles. The van der Waals surface area contributed by atoms with Crippen molar-refractivity contribution in [2.45, 2.75) is 25.3 Å². The highest BCUT2D eigenvalue weighted by Crippen LogP contribution is 2.25. The Balaban J connectivity index is 2.11. The molecule has 0 atom stereocenters. The molecule has 108 valence electrons. The summed E-state index contributed by atoms with van der Waals surface area (Å²) in [4.78, 5) is 28.5. The fourth-order valence-corrected chi connectivity index (χ4v) is 2.12. The number of hydrogen-bond donors (Lipinski definition) is 3. The molecule has 1 heterocycles. The fourth-order valence-electron chi connectivity index (χ4n) is 2.12. The Morgan fingerprint density at radius 1 is 1.45 bits per heavy atom. The van der Waals surface area contributed by atoms with E-state index in [9.17, 15) is 9.59 Å². The van der Waals surface area contributed by atoms with Crippen LogP contribution in [-0.4, -0.2) is 51.3 Å². The zero-order valence-corrected chi connectivity index (χ0v) is 11.0. The SMILES string of the molecule is O=C(O)c1ncccc1NC(=O)N(CCO)C1CCC1. The van der Waals surface area contributed by atoms with Gasteiger partial charge in [0.2, 0.25) is 0 Å². The normalized spacial score (nSPS) is 14.4. The summed E-state index contributed by atoms with van der Waals surface area (Å²) in [7, 11) is 0. The first kappa shape index (κ1) is 14.3. The molecule has 20 heavy (non-hydrogen) atoms. The predicted octanol–water partition coefficient (Wildman–Crippen LogP) is 1.16. The number of anilines is 1. The number of aliphatic hydroxyl groups excluding tert-OH is 1. The van der Waals surface area contributed by atoms with Crippen LogP contribution in [0.25, 0.3) is 0 Å². The number of nitrogens with zero attached hydrogens (tertiary/aromatic N) is 2. The number of aromatic nitrogens is 1. The summed E-state index contributed by atoms with van der Waals surface area (Å²) in [5, 5.41) is 20.6. The van der Waals surface area contributed by atoms with Crippen molar-refractivity contribution in [3.05, 3.63) is 24.0 Å². The van der Waals surface area contributed by atoms with Crippen LogP contribution in [0.1, 0.15) is 29.8 Å². The molecule has 2 amide bonds. The number of aromatic carboxylic acids is 1. The summed E-state index contributed by atoms with van der Waals surface area (Å²) in [6.45, 7) is 0.113. The van der Waals surface area contributed by atoms with Gasteiger partial charge in [0.15, 0.2) is 5.69 Å². The average Bonchev–Trinajstić information content (AvgIpc) is 2.36. The smallest absolute Gasteiger partial charge is 0.356 e. The van der Waals surface area contributed by atoms with Gasteiger partial charge in [0.05, 0.1) is 12.3 Å². The molecule has 0 aromatic carbocycles. The van der Waals surface area contributed by atoms with Crippen LogP contribution < -0.4 is 5.32 Å². The first-order chi connectivity index (χ1) is 9.63. The van der Waals surface area contributed by atoms with E-state index < -0.39 is 12.0 Å². The maximum Gasteiger partial charge on any atom is 0.356 e.